The molecule has 6 rings (SSSR count). The number of nitrogens with zero attached hydrogens (tertiary/aromatic N) is 4. The van der Waals surface area contributed by atoms with Crippen molar-refractivity contribution in [2.45, 2.75) is 53.9 Å². The molecule has 9 heteroatoms. The summed E-state index contributed by atoms with van der Waals surface area (Å²) in [5, 5.41) is 16.1. The van der Waals surface area contributed by atoms with Crippen molar-refractivity contribution in [2.24, 2.45) is 17.8 Å². The molecule has 3 aromatic rings. The maximum Gasteiger partial charge on any atom is 2.00 e. The molecule has 0 saturated carbocycles. The predicted octanol–water partition coefficient (Wildman–Crippen LogP) is 3.55. The van der Waals surface area contributed by atoms with E-state index in [9.17, 15) is 19.5 Å². The number of aromatic nitrogens is 3. The molecule has 2 aliphatic heterocycles. The number of hydrogen-bond donors (Lipinski definition) is 1. The Kier molecular flexibility index (Phi) is 8.09. The van der Waals surface area contributed by atoms with E-state index in [4.69, 9.17) is 20.3 Å². The van der Waals surface area contributed by atoms with Crippen LogP contribution in [-0.2, 0) is 16.0 Å². The zero-order valence-electron chi connectivity index (χ0n) is 25.1. The Bertz CT molecular complexity index is 1900. The summed E-state index contributed by atoms with van der Waals surface area (Å²) < 4.78 is 0. The van der Waals surface area contributed by atoms with Crippen LogP contribution in [0.15, 0.2) is 18.0 Å². The number of carboxylic acids is 1. The molecule has 0 spiro atoms. The van der Waals surface area contributed by atoms with Crippen LogP contribution in [0.2, 0.25) is 0 Å². The standard InChI is InChI=1S/C34H34N4O4.Mg/c1-7-19-15(3)23-11-25-17(5)21(9-10-29(40)41)32(37-25)31-22(14-39)34(42)30-18(6)26(38-33(30)31)13-28-20(8-2)16(4)24(36-28)12-27(19)35-23;/h7,11-14,17,21-22H,1,8-10H2,2-6H3,(H3,37,38,40,41,42);/q-2;+2/p-2/b24-12-,25-11-,28-13-;/t17-,21-,22+;/m0./s1. The second-order valence-corrected chi connectivity index (χ2v) is 11.4. The van der Waals surface area contributed by atoms with Gasteiger partial charge in [-0.25, -0.2) is 0 Å². The molecule has 5 heterocycles. The van der Waals surface area contributed by atoms with E-state index in [1.807, 2.05) is 39.0 Å². The fraction of sp³-hybridized carbons (Fsp3) is 0.324. The first-order valence-electron chi connectivity index (χ1n) is 14.3. The van der Waals surface area contributed by atoms with Gasteiger partial charge in [0.05, 0.1) is 0 Å². The molecule has 1 aliphatic carbocycles. The molecule has 8 nitrogen and oxygen atoms in total. The van der Waals surface area contributed by atoms with Gasteiger partial charge in [-0.2, -0.15) is 11.4 Å². The number of aldehydes is 1. The van der Waals surface area contributed by atoms with E-state index in [-0.39, 0.29) is 47.1 Å². The van der Waals surface area contributed by atoms with E-state index in [1.54, 1.807) is 6.08 Å². The number of allylic oxidation sites excluding steroid dienone is 3. The van der Waals surface area contributed by atoms with Crippen LogP contribution >= 0.6 is 0 Å². The predicted molar refractivity (Wildman–Crippen MR) is 167 cm³/mol. The number of Topliss-reactive ketones (excluding diaryl/α,β-unsaturated/α-hetero) is 1. The minimum Gasteiger partial charge on any atom is -0.664 e. The maximum absolute atomic E-state index is 13.7. The Morgan fingerprint density at radius 1 is 1.00 bits per heavy atom. The third-order valence-electron chi connectivity index (χ3n) is 9.16. The van der Waals surface area contributed by atoms with Gasteiger partial charge in [0.2, 0.25) is 0 Å². The zero-order valence-corrected chi connectivity index (χ0v) is 26.5. The number of ketones is 1. The molecule has 1 N–H and O–H groups in total. The Balaban J connectivity index is 0.00000368. The molecule has 0 radical (unpaired) electrons. The van der Waals surface area contributed by atoms with Gasteiger partial charge in [-0.1, -0.05) is 72.6 Å². The van der Waals surface area contributed by atoms with Crippen LogP contribution in [0.4, 0.5) is 0 Å². The molecule has 8 bridgehead atoms. The summed E-state index contributed by atoms with van der Waals surface area (Å²) in [6.07, 6.45) is 9.31. The molecule has 1 saturated heterocycles. The van der Waals surface area contributed by atoms with Gasteiger partial charge in [0, 0.05) is 12.0 Å². The van der Waals surface area contributed by atoms with E-state index in [0.717, 1.165) is 56.5 Å². The van der Waals surface area contributed by atoms with Crippen LogP contribution in [0.3, 0.4) is 0 Å². The molecular weight excluding hydrogens is 553 g/mol. The second-order valence-electron chi connectivity index (χ2n) is 11.4. The molecule has 3 aliphatic rings. The van der Waals surface area contributed by atoms with Crippen molar-refractivity contribution < 1.29 is 19.5 Å². The monoisotopic (exact) mass is 584 g/mol. The first kappa shape index (κ1) is 30.6. The van der Waals surface area contributed by atoms with Crippen molar-refractivity contribution in [3.8, 4) is 0 Å². The first-order valence-corrected chi connectivity index (χ1v) is 14.3. The van der Waals surface area contributed by atoms with Crippen molar-refractivity contribution in [3.05, 3.63) is 90.1 Å². The van der Waals surface area contributed by atoms with Crippen LogP contribution in [-0.4, -0.2) is 46.2 Å². The first-order chi connectivity index (χ1) is 20.1. The molecule has 0 amide bonds. The average molecular weight is 585 g/mol. The SMILES string of the molecule is C=Cc1c2[n-]c(c1C)/C=C1\[N-]/C(=C3\c4[n-]c(c(C)c4C(=O)[C@@H]3C=O)/C=c3\[n-]/c(c(C)c3CC)=C\2)[C@@H](CCC(=O)O)[C@@H]1C.[Mg+2]. The number of carboxylic acid groups (broad SMARTS) is 1. The fourth-order valence-electron chi connectivity index (χ4n) is 6.75. The number of fused-ring (bicyclic) bond motifs is 7. The van der Waals surface area contributed by atoms with Gasteiger partial charge in [0.15, 0.2) is 5.78 Å². The average Bonchev–Trinajstić information content (AvgIpc) is 3.68. The Hall–Kier alpha value is -3.82. The largest absolute Gasteiger partial charge is 2.00 e. The van der Waals surface area contributed by atoms with Crippen LogP contribution < -0.4 is 25.7 Å². The summed E-state index contributed by atoms with van der Waals surface area (Å²) in [5.41, 5.74) is 9.51. The molecule has 3 atom stereocenters. The minimum absolute atomic E-state index is 0. The third-order valence-corrected chi connectivity index (χ3v) is 9.16. The van der Waals surface area contributed by atoms with Gasteiger partial charge in [-0.3, -0.25) is 9.59 Å². The molecule has 43 heavy (non-hydrogen) atoms. The maximum atomic E-state index is 13.7. The Labute approximate surface area is 266 Å². The van der Waals surface area contributed by atoms with Crippen LogP contribution in [0.25, 0.3) is 35.2 Å². The third kappa shape index (κ3) is 4.69. The Morgan fingerprint density at radius 3 is 2.35 bits per heavy atom. The molecule has 1 fully saturated rings. The van der Waals surface area contributed by atoms with Crippen LogP contribution in [0, 0.1) is 38.5 Å². The van der Waals surface area contributed by atoms with E-state index in [0.29, 0.717) is 46.5 Å². The van der Waals surface area contributed by atoms with Crippen molar-refractivity contribution in [3.63, 3.8) is 0 Å². The van der Waals surface area contributed by atoms with Crippen LogP contribution in [0.1, 0.15) is 87.6 Å². The van der Waals surface area contributed by atoms with Gasteiger partial charge < -0.3 is 30.2 Å². The summed E-state index contributed by atoms with van der Waals surface area (Å²) in [4.78, 5) is 52.6. The molecule has 0 aromatic carbocycles. The van der Waals surface area contributed by atoms with E-state index < -0.39 is 11.9 Å². The van der Waals surface area contributed by atoms with Gasteiger partial charge in [0.25, 0.3) is 0 Å². The van der Waals surface area contributed by atoms with Gasteiger partial charge >= 0.3 is 29.0 Å². The van der Waals surface area contributed by atoms with Crippen molar-refractivity contribution >= 4 is 71.0 Å². The fourth-order valence-corrected chi connectivity index (χ4v) is 6.75. The zero-order chi connectivity index (χ0) is 30.0. The van der Waals surface area contributed by atoms with Gasteiger partial charge in [-0.15, -0.1) is 33.5 Å². The van der Waals surface area contributed by atoms with Gasteiger partial charge in [-0.05, 0) is 51.0 Å². The normalized spacial score (nSPS) is 24.6. The minimum atomic E-state index is -1.03. The molecule has 3 aromatic heterocycles. The molecule has 0 unspecified atom stereocenters. The smallest absolute Gasteiger partial charge is 0.664 e. The summed E-state index contributed by atoms with van der Waals surface area (Å²) >= 11 is 0. The topological polar surface area (TPSA) is 128 Å². The van der Waals surface area contributed by atoms with Crippen LogP contribution in [0.5, 0.6) is 0 Å². The van der Waals surface area contributed by atoms with E-state index >= 15 is 0 Å². The number of carbonyl (C=O) groups excluding carboxylic acids is 2. The number of aliphatic carboxylic acids is 1. The Morgan fingerprint density at radius 2 is 1.70 bits per heavy atom. The number of hydrogen-bond acceptors (Lipinski definition) is 3. The summed E-state index contributed by atoms with van der Waals surface area (Å²) in [7, 11) is 0. The number of rotatable bonds is 6. The summed E-state index contributed by atoms with van der Waals surface area (Å²) in [6.45, 7) is 14.0. The van der Waals surface area contributed by atoms with E-state index in [1.165, 1.54) is 0 Å². The van der Waals surface area contributed by atoms with Crippen molar-refractivity contribution in [1.29, 1.82) is 0 Å². The number of carbonyl (C=O) groups is 3. The van der Waals surface area contributed by atoms with Crippen molar-refractivity contribution in [1.82, 2.24) is 15.0 Å². The summed E-state index contributed by atoms with van der Waals surface area (Å²) in [6, 6.07) is 0. The summed E-state index contributed by atoms with van der Waals surface area (Å²) in [5.74, 6) is -2.71. The molecular formula is C34H32MgN4O4-2. The van der Waals surface area contributed by atoms with Crippen molar-refractivity contribution in [2.75, 3.05) is 0 Å². The van der Waals surface area contributed by atoms with E-state index in [2.05, 4.69) is 20.4 Å². The second kappa shape index (κ2) is 11.4. The van der Waals surface area contributed by atoms with Gasteiger partial charge in [0.1, 0.15) is 12.2 Å². The molecule has 216 valence electrons. The quantitative estimate of drug-likeness (QED) is 0.267.